The van der Waals surface area contributed by atoms with Crippen molar-refractivity contribution in [3.63, 3.8) is 0 Å². The van der Waals surface area contributed by atoms with Crippen LogP contribution in [0, 0.1) is 0 Å². The van der Waals surface area contributed by atoms with Gasteiger partial charge in [-0.05, 0) is 37.5 Å². The molecule has 0 aromatic heterocycles. The quantitative estimate of drug-likeness (QED) is 0.516. The number of nitrogens with one attached hydrogen (secondary N) is 2. The Labute approximate surface area is 113 Å². The maximum atomic E-state index is 12.1. The standard InChI is InChI=1S/C14H21N3O2/c1-19-8-2-7-16-13-6-3-10(15)9-12(13)14(18)17-11-4-5-11/h3,6,9,11,16H,2,4-5,7-8,15H2,1H3,(H,17,18). The molecular formula is C14H21N3O2. The van der Waals surface area contributed by atoms with Crippen LogP contribution in [-0.2, 0) is 4.74 Å². The van der Waals surface area contributed by atoms with Gasteiger partial charge in [-0.3, -0.25) is 4.79 Å². The van der Waals surface area contributed by atoms with Crippen molar-refractivity contribution in [2.75, 3.05) is 31.3 Å². The second-order valence-electron chi connectivity index (χ2n) is 4.83. The Morgan fingerprint density at radius 1 is 1.47 bits per heavy atom. The van der Waals surface area contributed by atoms with Crippen LogP contribution >= 0.6 is 0 Å². The molecule has 1 saturated carbocycles. The van der Waals surface area contributed by atoms with Gasteiger partial charge in [0.1, 0.15) is 0 Å². The minimum Gasteiger partial charge on any atom is -0.399 e. The fourth-order valence-corrected chi connectivity index (χ4v) is 1.83. The van der Waals surface area contributed by atoms with Crippen molar-refractivity contribution >= 4 is 17.3 Å². The SMILES string of the molecule is COCCCNc1ccc(N)cc1C(=O)NC1CC1. The number of anilines is 2. The molecule has 5 nitrogen and oxygen atoms in total. The van der Waals surface area contributed by atoms with Crippen LogP contribution < -0.4 is 16.4 Å². The molecule has 0 saturated heterocycles. The average molecular weight is 263 g/mol. The smallest absolute Gasteiger partial charge is 0.253 e. The highest BCUT2D eigenvalue weighted by molar-refractivity contribution is 6.00. The monoisotopic (exact) mass is 263 g/mol. The number of amides is 1. The van der Waals surface area contributed by atoms with E-state index in [1.807, 2.05) is 6.07 Å². The fraction of sp³-hybridized carbons (Fsp3) is 0.500. The van der Waals surface area contributed by atoms with E-state index in [-0.39, 0.29) is 5.91 Å². The molecule has 1 fully saturated rings. The molecule has 0 heterocycles. The summed E-state index contributed by atoms with van der Waals surface area (Å²) >= 11 is 0. The van der Waals surface area contributed by atoms with Gasteiger partial charge in [-0.15, -0.1) is 0 Å². The highest BCUT2D eigenvalue weighted by Crippen LogP contribution is 2.23. The van der Waals surface area contributed by atoms with Gasteiger partial charge in [-0.2, -0.15) is 0 Å². The molecular weight excluding hydrogens is 242 g/mol. The van der Waals surface area contributed by atoms with E-state index in [1.165, 1.54) is 0 Å². The van der Waals surface area contributed by atoms with Crippen molar-refractivity contribution in [1.82, 2.24) is 5.32 Å². The first-order valence-corrected chi connectivity index (χ1v) is 6.64. The van der Waals surface area contributed by atoms with Crippen LogP contribution in [0.2, 0.25) is 0 Å². The summed E-state index contributed by atoms with van der Waals surface area (Å²) in [5.74, 6) is -0.0518. The number of methoxy groups -OCH3 is 1. The predicted octanol–water partition coefficient (Wildman–Crippen LogP) is 1.61. The van der Waals surface area contributed by atoms with E-state index in [2.05, 4.69) is 10.6 Å². The summed E-state index contributed by atoms with van der Waals surface area (Å²) < 4.78 is 5.00. The van der Waals surface area contributed by atoms with Crippen LogP contribution in [0.4, 0.5) is 11.4 Å². The third-order valence-corrected chi connectivity index (χ3v) is 3.04. The molecule has 0 bridgehead atoms. The Morgan fingerprint density at radius 3 is 2.95 bits per heavy atom. The van der Waals surface area contributed by atoms with Crippen LogP contribution in [0.1, 0.15) is 29.6 Å². The lowest BCUT2D eigenvalue weighted by atomic mass is 10.1. The van der Waals surface area contributed by atoms with Gasteiger partial charge in [0.2, 0.25) is 0 Å². The number of nitrogens with two attached hydrogens (primary N) is 1. The number of hydrogen-bond acceptors (Lipinski definition) is 4. The summed E-state index contributed by atoms with van der Waals surface area (Å²) in [5.41, 5.74) is 7.80. The Balaban J connectivity index is 2.01. The summed E-state index contributed by atoms with van der Waals surface area (Å²) in [7, 11) is 1.68. The molecule has 1 amide bonds. The normalized spacial score (nSPS) is 14.2. The van der Waals surface area contributed by atoms with Crippen molar-refractivity contribution in [2.45, 2.75) is 25.3 Å². The second kappa shape index (κ2) is 6.43. The first-order valence-electron chi connectivity index (χ1n) is 6.64. The van der Waals surface area contributed by atoms with Crippen LogP contribution in [0.3, 0.4) is 0 Å². The first-order chi connectivity index (χ1) is 9.20. The topological polar surface area (TPSA) is 76.4 Å². The molecule has 0 aliphatic heterocycles. The number of carbonyl (C=O) groups is 1. The van der Waals surface area contributed by atoms with Crippen LogP contribution in [0.15, 0.2) is 18.2 Å². The van der Waals surface area contributed by atoms with Crippen LogP contribution in [0.5, 0.6) is 0 Å². The molecule has 5 heteroatoms. The predicted molar refractivity (Wildman–Crippen MR) is 76.3 cm³/mol. The summed E-state index contributed by atoms with van der Waals surface area (Å²) in [5, 5.41) is 6.23. The van der Waals surface area contributed by atoms with Crippen molar-refractivity contribution in [2.24, 2.45) is 0 Å². The molecule has 1 aromatic carbocycles. The average Bonchev–Trinajstić information content (AvgIpc) is 3.20. The van der Waals surface area contributed by atoms with Gasteiger partial charge in [-0.25, -0.2) is 0 Å². The van der Waals surface area contributed by atoms with Gasteiger partial charge in [-0.1, -0.05) is 0 Å². The van der Waals surface area contributed by atoms with Gasteiger partial charge in [0.05, 0.1) is 5.56 Å². The number of nitrogen functional groups attached to an aromatic ring is 1. The fourth-order valence-electron chi connectivity index (χ4n) is 1.83. The van der Waals surface area contributed by atoms with Gasteiger partial charge in [0, 0.05) is 37.7 Å². The van der Waals surface area contributed by atoms with Crippen molar-refractivity contribution < 1.29 is 9.53 Å². The molecule has 1 aromatic rings. The van der Waals surface area contributed by atoms with E-state index >= 15 is 0 Å². The molecule has 1 aliphatic rings. The van der Waals surface area contributed by atoms with E-state index < -0.39 is 0 Å². The maximum absolute atomic E-state index is 12.1. The summed E-state index contributed by atoms with van der Waals surface area (Å²) in [6.07, 6.45) is 3.04. The van der Waals surface area contributed by atoms with E-state index in [4.69, 9.17) is 10.5 Å². The van der Waals surface area contributed by atoms with Crippen molar-refractivity contribution in [1.29, 1.82) is 0 Å². The Hall–Kier alpha value is -1.75. The van der Waals surface area contributed by atoms with Gasteiger partial charge >= 0.3 is 0 Å². The van der Waals surface area contributed by atoms with Crippen LogP contribution in [-0.4, -0.2) is 32.2 Å². The number of ether oxygens (including phenoxy) is 1. The minimum absolute atomic E-state index is 0.0518. The van der Waals surface area contributed by atoms with E-state index in [1.54, 1.807) is 19.2 Å². The number of rotatable bonds is 7. The lowest BCUT2D eigenvalue weighted by molar-refractivity contribution is 0.0952. The molecule has 0 atom stereocenters. The molecule has 19 heavy (non-hydrogen) atoms. The lowest BCUT2D eigenvalue weighted by Crippen LogP contribution is -2.26. The number of benzene rings is 1. The van der Waals surface area contributed by atoms with Crippen molar-refractivity contribution in [3.05, 3.63) is 23.8 Å². The van der Waals surface area contributed by atoms with Crippen LogP contribution in [0.25, 0.3) is 0 Å². The largest absolute Gasteiger partial charge is 0.399 e. The molecule has 1 aliphatic carbocycles. The molecule has 104 valence electrons. The van der Waals surface area contributed by atoms with Gasteiger partial charge in [0.25, 0.3) is 5.91 Å². The number of hydrogen-bond donors (Lipinski definition) is 3. The Kier molecular flexibility index (Phi) is 4.63. The van der Waals surface area contributed by atoms with E-state index in [9.17, 15) is 4.79 Å². The van der Waals surface area contributed by atoms with Crippen molar-refractivity contribution in [3.8, 4) is 0 Å². The molecule has 4 N–H and O–H groups in total. The second-order valence-corrected chi connectivity index (χ2v) is 4.83. The summed E-state index contributed by atoms with van der Waals surface area (Å²) in [4.78, 5) is 12.1. The number of carbonyl (C=O) groups excluding carboxylic acids is 1. The minimum atomic E-state index is -0.0518. The molecule has 0 unspecified atom stereocenters. The Bertz CT molecular complexity index is 444. The zero-order valence-electron chi connectivity index (χ0n) is 11.2. The summed E-state index contributed by atoms with van der Waals surface area (Å²) in [6.45, 7) is 1.47. The van der Waals surface area contributed by atoms with E-state index in [0.717, 1.165) is 31.5 Å². The van der Waals surface area contributed by atoms with E-state index in [0.29, 0.717) is 23.9 Å². The zero-order chi connectivity index (χ0) is 13.7. The zero-order valence-corrected chi connectivity index (χ0v) is 11.2. The first kappa shape index (κ1) is 13.7. The summed E-state index contributed by atoms with van der Waals surface area (Å²) in [6, 6.07) is 5.71. The Morgan fingerprint density at radius 2 is 2.26 bits per heavy atom. The highest BCUT2D eigenvalue weighted by atomic mass is 16.5. The lowest BCUT2D eigenvalue weighted by Gasteiger charge is -2.12. The molecule has 2 rings (SSSR count). The third-order valence-electron chi connectivity index (χ3n) is 3.04. The van der Waals surface area contributed by atoms with Gasteiger partial charge in [0.15, 0.2) is 0 Å². The maximum Gasteiger partial charge on any atom is 0.253 e. The molecule has 0 radical (unpaired) electrons. The highest BCUT2D eigenvalue weighted by Gasteiger charge is 2.24. The van der Waals surface area contributed by atoms with Gasteiger partial charge < -0.3 is 21.1 Å². The molecule has 0 spiro atoms. The third kappa shape index (κ3) is 4.13.